The summed E-state index contributed by atoms with van der Waals surface area (Å²) in [4.78, 5) is 165. The molecule has 4 saturated heterocycles. The summed E-state index contributed by atoms with van der Waals surface area (Å²) in [6.45, 7) is 12.5. The summed E-state index contributed by atoms with van der Waals surface area (Å²) in [6.07, 6.45) is 20.4. The summed E-state index contributed by atoms with van der Waals surface area (Å²) in [6, 6.07) is 31.4. The number of carbonyl (C=O) groups excluding carboxylic acids is 12. The number of likely N-dealkylation sites (tertiary alicyclic amines) is 4. The number of rotatable bonds is 32. The Hall–Kier alpha value is -11.1. The SMILES string of the molecule is CN[C@@H](C)C(=O)N[C@@H](C(=O)N1CCC[C@@H]1C(=O)Nc1snnc1-c1ccccc1)C1CCCCC1.CN[C@@H](C)C(=O)N[C@H](C(=O)N1CCC[C@@H]1C(=O)Nc1snnc1-c1ccccc1)C1CCCCC1.CN[C@@H](C)C(=O)N[C@H](C(=O)N1CCC[C@H]1C(=O)Nc1snnc1-c1ccccc1)C(C)(C)S.CN[C@H](C)C(=O)N[C@H](C(=O)N1CCC[C@@H]1C(=O)Nc1snnc1-c1ccccc1)C1CCCCC1. The zero-order chi connectivity index (χ0) is 98.5. The Morgan fingerprint density at radius 1 is 0.312 bits per heavy atom. The minimum atomic E-state index is -0.887. The molecule has 742 valence electrons. The fraction of sp³-hybridized carbons (Fsp3) is 0.546. The molecule has 0 bridgehead atoms. The van der Waals surface area contributed by atoms with E-state index in [0.717, 1.165) is 184 Å². The highest BCUT2D eigenvalue weighted by molar-refractivity contribution is 7.81. The number of anilines is 4. The number of hydrogen-bond donors (Lipinski definition) is 13. The van der Waals surface area contributed by atoms with Crippen molar-refractivity contribution in [3.05, 3.63) is 121 Å². The third kappa shape index (κ3) is 27.8. The van der Waals surface area contributed by atoms with Crippen LogP contribution in [0.25, 0.3) is 45.0 Å². The van der Waals surface area contributed by atoms with Gasteiger partial charge in [0.1, 0.15) is 91.1 Å². The summed E-state index contributed by atoms with van der Waals surface area (Å²) < 4.78 is 15.2. The minimum absolute atomic E-state index is 0.0870. The van der Waals surface area contributed by atoms with Crippen molar-refractivity contribution in [3.63, 3.8) is 0 Å². The molecule has 8 aromatic rings. The van der Waals surface area contributed by atoms with Crippen molar-refractivity contribution in [3.8, 4) is 45.0 Å². The van der Waals surface area contributed by atoms with Gasteiger partial charge in [-0.3, -0.25) is 57.5 Å². The van der Waals surface area contributed by atoms with Crippen molar-refractivity contribution in [1.29, 1.82) is 0 Å². The van der Waals surface area contributed by atoms with Crippen molar-refractivity contribution in [2.45, 2.75) is 266 Å². The van der Waals surface area contributed by atoms with Gasteiger partial charge in [-0.2, -0.15) is 12.6 Å². The van der Waals surface area contributed by atoms with E-state index in [-0.39, 0.29) is 88.6 Å². The lowest BCUT2D eigenvalue weighted by Crippen LogP contribution is -2.60. The van der Waals surface area contributed by atoms with E-state index in [2.05, 4.69) is 115 Å². The van der Waals surface area contributed by atoms with Crippen molar-refractivity contribution in [2.24, 2.45) is 17.8 Å². The Labute approximate surface area is 828 Å². The van der Waals surface area contributed by atoms with Gasteiger partial charge in [0.2, 0.25) is 70.9 Å². The lowest BCUT2D eigenvalue weighted by atomic mass is 9.83. The van der Waals surface area contributed by atoms with Crippen LogP contribution in [0.5, 0.6) is 0 Å². The average molecular weight is 1990 g/mol. The second-order valence-corrected chi connectivity index (χ2v) is 40.9. The van der Waals surface area contributed by atoms with E-state index < -0.39 is 77.2 Å². The van der Waals surface area contributed by atoms with Gasteiger partial charge in [0.25, 0.3) is 0 Å². The monoisotopic (exact) mass is 1980 g/mol. The number of thiol groups is 1. The summed E-state index contributed by atoms with van der Waals surface area (Å²) in [5.74, 6) is -2.43. The number of aromatic nitrogens is 8. The lowest BCUT2D eigenvalue weighted by molar-refractivity contribution is -0.142. The van der Waals surface area contributed by atoms with Crippen LogP contribution in [0.3, 0.4) is 0 Å². The molecule has 7 aliphatic rings. The van der Waals surface area contributed by atoms with Crippen LogP contribution in [-0.2, 0) is 57.5 Å². The summed E-state index contributed by atoms with van der Waals surface area (Å²) in [5, 5.41) is 54.3. The molecule has 7 fully saturated rings. The smallest absolute Gasteiger partial charge is 0.247 e. The number of nitrogens with zero attached hydrogens (tertiary/aromatic N) is 12. The van der Waals surface area contributed by atoms with Gasteiger partial charge in [0.05, 0.1) is 24.2 Å². The van der Waals surface area contributed by atoms with Crippen LogP contribution in [0.15, 0.2) is 121 Å². The Balaban J connectivity index is 0.000000165. The maximum absolute atomic E-state index is 13.8. The van der Waals surface area contributed by atoms with Crippen molar-refractivity contribution in [1.82, 2.24) is 100 Å². The molecule has 4 aromatic heterocycles. The molecule has 41 heteroatoms. The Morgan fingerprint density at radius 2 is 0.529 bits per heavy atom. The molecule has 4 aliphatic heterocycles. The van der Waals surface area contributed by atoms with Gasteiger partial charge in [0, 0.05) is 99.3 Å². The van der Waals surface area contributed by atoms with Gasteiger partial charge >= 0.3 is 0 Å². The van der Waals surface area contributed by atoms with Crippen molar-refractivity contribution < 1.29 is 57.5 Å². The molecule has 0 spiro atoms. The Bertz CT molecular complexity index is 4970. The Morgan fingerprint density at radius 3 is 0.746 bits per heavy atom. The molecular formula is C97H132N24O12S5. The fourth-order valence-corrected chi connectivity index (χ4v) is 21.2. The standard InChI is InChI=1S/3C25H34N6O3S.C22H30N6O3S2/c3*1-16(26-2)22(32)27-21(18-12-7-4-8-13-18)25(34)31-15-9-14-19(31)23(33)28-24-20(29-30-35-24)17-10-5-3-6-11-17;1-13(23-4)18(29)24-17(22(2,3)32)21(31)28-12-8-11-15(28)19(30)25-20-16(26-27-33-20)14-9-6-5-7-10-14/h3*3,5-6,10-11,16,18-19,21,26H,4,7-9,12-15H2,1-2H3,(H,27,32)(H,28,33);5-7,9-10,13,15,17,23,32H,8,11-12H2,1-4H3,(H,24,29)(H,25,30)/t16-,19+,21+;16-,19+,21-;16-,19-,21+;13-,15-,17+/m0010/s1. The molecular weight excluding hydrogens is 1850 g/mol. The molecule has 0 unspecified atom stereocenters. The normalized spacial score (nSPS) is 19.7. The molecule has 12 N–H and O–H groups in total. The third-order valence-corrected chi connectivity index (χ3v) is 29.9. The minimum Gasteiger partial charge on any atom is -0.343 e. The number of benzene rings is 4. The van der Waals surface area contributed by atoms with Crippen LogP contribution < -0.4 is 63.8 Å². The van der Waals surface area contributed by atoms with Gasteiger partial charge in [-0.15, -0.1) is 20.4 Å². The predicted molar refractivity (Wildman–Crippen MR) is 539 cm³/mol. The first-order valence-corrected chi connectivity index (χ1v) is 51.7. The van der Waals surface area contributed by atoms with Crippen LogP contribution in [0.4, 0.5) is 20.0 Å². The number of hydrogen-bond acceptors (Lipinski definition) is 29. The number of nitrogens with one attached hydrogen (secondary N) is 12. The van der Waals surface area contributed by atoms with Gasteiger partial charge in [-0.25, -0.2) is 0 Å². The van der Waals surface area contributed by atoms with E-state index in [1.807, 2.05) is 121 Å². The van der Waals surface area contributed by atoms with Crippen LogP contribution in [0, 0.1) is 17.8 Å². The van der Waals surface area contributed by atoms with Crippen molar-refractivity contribution >= 4 is 150 Å². The van der Waals surface area contributed by atoms with Crippen LogP contribution in [-0.4, -0.2) is 260 Å². The number of carbonyl (C=O) groups is 12. The van der Waals surface area contributed by atoms with E-state index in [9.17, 15) is 57.5 Å². The topological polar surface area (TPSA) is 465 Å². The molecule has 36 nitrogen and oxygen atoms in total. The lowest BCUT2D eigenvalue weighted by Gasteiger charge is -2.35. The summed E-state index contributed by atoms with van der Waals surface area (Å²) >= 11 is 9.03. The highest BCUT2D eigenvalue weighted by Crippen LogP contribution is 2.39. The number of likely N-dealkylation sites (N-methyl/N-ethyl adjacent to an activating group) is 4. The Kier molecular flexibility index (Phi) is 39.7. The molecule has 3 aliphatic carbocycles. The zero-order valence-corrected chi connectivity index (χ0v) is 84.3. The van der Waals surface area contributed by atoms with Gasteiger partial charge in [0.15, 0.2) is 0 Å². The van der Waals surface area contributed by atoms with Gasteiger partial charge in [-0.1, -0.05) is 197 Å². The molecule has 3 saturated carbocycles. The first kappa shape index (κ1) is 106. The van der Waals surface area contributed by atoms with Crippen LogP contribution in [0.2, 0.25) is 0 Å². The van der Waals surface area contributed by atoms with E-state index >= 15 is 0 Å². The first-order valence-electron chi connectivity index (χ1n) is 48.2. The first-order chi connectivity index (χ1) is 66.6. The zero-order valence-electron chi connectivity index (χ0n) is 80.1. The molecule has 0 radical (unpaired) electrons. The van der Waals surface area contributed by atoms with E-state index in [1.165, 1.54) is 0 Å². The second-order valence-electron chi connectivity index (χ2n) is 36.8. The fourth-order valence-electron chi connectivity index (χ4n) is 18.6. The molecule has 15 rings (SSSR count). The summed E-state index contributed by atoms with van der Waals surface area (Å²) in [7, 11) is 6.84. The third-order valence-electron chi connectivity index (χ3n) is 27.0. The maximum Gasteiger partial charge on any atom is 0.247 e. The highest BCUT2D eigenvalue weighted by atomic mass is 32.1. The highest BCUT2D eigenvalue weighted by Gasteiger charge is 2.48. The predicted octanol–water partition coefficient (Wildman–Crippen LogP) is 10.4. The van der Waals surface area contributed by atoms with Crippen LogP contribution >= 0.6 is 58.8 Å². The quantitative estimate of drug-likeness (QED) is 0.0174. The van der Waals surface area contributed by atoms with Gasteiger partial charge < -0.3 is 83.4 Å². The summed E-state index contributed by atoms with van der Waals surface area (Å²) in [5.41, 5.74) is 5.90. The molecule has 4 aromatic carbocycles. The van der Waals surface area contributed by atoms with Crippen LogP contribution in [0.1, 0.15) is 189 Å². The number of amides is 12. The van der Waals surface area contributed by atoms with E-state index in [0.29, 0.717) is 101 Å². The van der Waals surface area contributed by atoms with E-state index in [4.69, 9.17) is 0 Å². The van der Waals surface area contributed by atoms with Gasteiger partial charge in [-0.05, 0) is 177 Å². The van der Waals surface area contributed by atoms with Crippen molar-refractivity contribution in [2.75, 3.05) is 75.6 Å². The molecule has 12 atom stereocenters. The van der Waals surface area contributed by atoms with E-state index in [1.54, 1.807) is 89.3 Å². The largest absolute Gasteiger partial charge is 0.343 e. The molecule has 138 heavy (non-hydrogen) atoms. The maximum atomic E-state index is 13.8. The second kappa shape index (κ2) is 51.7. The molecule has 8 heterocycles. The average Bonchev–Trinajstić information content (AvgIpc) is 1.61. The molecule has 12 amide bonds.